The van der Waals surface area contributed by atoms with Gasteiger partial charge in [0, 0.05) is 12.2 Å². The lowest BCUT2D eigenvalue weighted by Crippen LogP contribution is -2.53. The molecule has 2 aliphatic rings. The van der Waals surface area contributed by atoms with E-state index in [1.165, 1.54) is 18.9 Å². The lowest BCUT2D eigenvalue weighted by molar-refractivity contribution is -0.00934. The second kappa shape index (κ2) is 5.36. The monoisotopic (exact) mass is 277 g/mol. The number of carboxylic acids is 1. The van der Waals surface area contributed by atoms with E-state index in [4.69, 9.17) is 9.84 Å². The molecule has 1 saturated heterocycles. The van der Waals surface area contributed by atoms with Crippen molar-refractivity contribution >= 4 is 11.9 Å². The third kappa shape index (κ3) is 2.47. The van der Waals surface area contributed by atoms with Gasteiger partial charge in [-0.3, -0.25) is 0 Å². The minimum atomic E-state index is -1.01. The Hall–Kier alpha value is -1.69. The molecule has 0 amide bonds. The molecule has 1 aromatic rings. The van der Waals surface area contributed by atoms with E-state index in [0.717, 1.165) is 19.4 Å². The van der Waals surface area contributed by atoms with E-state index in [1.54, 1.807) is 6.92 Å². The number of anilines is 1. The number of rotatable bonds is 2. The Balaban J connectivity index is 1.92. The quantitative estimate of drug-likeness (QED) is 0.885. The largest absolute Gasteiger partial charge is 0.477 e. The Morgan fingerprint density at radius 1 is 1.40 bits per heavy atom. The molecule has 0 bridgehead atoms. The van der Waals surface area contributed by atoms with Gasteiger partial charge in [-0.2, -0.15) is 0 Å². The average Bonchev–Trinajstić information content (AvgIpc) is 2.46. The van der Waals surface area contributed by atoms with Gasteiger partial charge in [0.25, 0.3) is 0 Å². The predicted molar refractivity (Wildman–Crippen MR) is 73.1 cm³/mol. The first-order valence-electron chi connectivity index (χ1n) is 7.12. The summed E-state index contributed by atoms with van der Waals surface area (Å²) in [5, 5.41) is 9.13. The summed E-state index contributed by atoms with van der Waals surface area (Å²) >= 11 is 0. The van der Waals surface area contributed by atoms with Gasteiger partial charge in [-0.15, -0.1) is 0 Å². The molecule has 6 heteroatoms. The highest BCUT2D eigenvalue weighted by atomic mass is 16.5. The molecule has 2 fully saturated rings. The van der Waals surface area contributed by atoms with Crippen LogP contribution in [0.5, 0.6) is 0 Å². The zero-order chi connectivity index (χ0) is 14.1. The number of carboxylic acid groups (broad SMARTS) is 1. The van der Waals surface area contributed by atoms with Crippen LogP contribution < -0.4 is 4.90 Å². The molecule has 108 valence electrons. The lowest BCUT2D eigenvalue weighted by Gasteiger charge is -2.43. The summed E-state index contributed by atoms with van der Waals surface area (Å²) in [6.45, 7) is 3.18. The molecule has 3 rings (SSSR count). The van der Waals surface area contributed by atoms with Crippen LogP contribution in [0, 0.1) is 6.92 Å². The Morgan fingerprint density at radius 3 is 3.00 bits per heavy atom. The van der Waals surface area contributed by atoms with Crippen molar-refractivity contribution in [3.05, 3.63) is 17.5 Å². The van der Waals surface area contributed by atoms with Gasteiger partial charge >= 0.3 is 5.97 Å². The number of aryl methyl sites for hydroxylation is 1. The van der Waals surface area contributed by atoms with Crippen LogP contribution in [-0.4, -0.2) is 46.3 Å². The van der Waals surface area contributed by atoms with Crippen LogP contribution in [0.15, 0.2) is 6.07 Å². The molecular formula is C14H19N3O3. The van der Waals surface area contributed by atoms with E-state index in [-0.39, 0.29) is 17.8 Å². The molecule has 1 aliphatic heterocycles. The molecule has 2 unspecified atom stereocenters. The van der Waals surface area contributed by atoms with Crippen LogP contribution in [-0.2, 0) is 4.74 Å². The Bertz CT molecular complexity index is 518. The van der Waals surface area contributed by atoms with Crippen molar-refractivity contribution < 1.29 is 14.6 Å². The summed E-state index contributed by atoms with van der Waals surface area (Å²) in [7, 11) is 0. The molecule has 1 N–H and O–H groups in total. The van der Waals surface area contributed by atoms with Crippen LogP contribution in [0.3, 0.4) is 0 Å². The van der Waals surface area contributed by atoms with Crippen molar-refractivity contribution in [3.63, 3.8) is 0 Å². The topological polar surface area (TPSA) is 75.5 Å². The highest BCUT2D eigenvalue weighted by molar-refractivity contribution is 5.85. The van der Waals surface area contributed by atoms with Crippen LogP contribution in [0.2, 0.25) is 0 Å². The Morgan fingerprint density at radius 2 is 2.20 bits per heavy atom. The summed E-state index contributed by atoms with van der Waals surface area (Å²) in [6, 6.07) is 1.78. The maximum absolute atomic E-state index is 11.1. The van der Waals surface area contributed by atoms with Gasteiger partial charge in [0.1, 0.15) is 0 Å². The van der Waals surface area contributed by atoms with Gasteiger partial charge in [-0.25, -0.2) is 14.8 Å². The zero-order valence-corrected chi connectivity index (χ0v) is 11.6. The van der Waals surface area contributed by atoms with Crippen LogP contribution >= 0.6 is 0 Å². The number of hydrogen-bond acceptors (Lipinski definition) is 5. The normalized spacial score (nSPS) is 26.1. The molecule has 0 spiro atoms. The van der Waals surface area contributed by atoms with Crippen molar-refractivity contribution in [3.8, 4) is 0 Å². The number of nitrogens with zero attached hydrogens (tertiary/aromatic N) is 3. The summed E-state index contributed by atoms with van der Waals surface area (Å²) in [5.41, 5.74) is 0.748. The van der Waals surface area contributed by atoms with Gasteiger partial charge in [0.2, 0.25) is 5.95 Å². The fourth-order valence-electron chi connectivity index (χ4n) is 3.14. The van der Waals surface area contributed by atoms with Crippen molar-refractivity contribution in [1.82, 2.24) is 9.97 Å². The summed E-state index contributed by atoms with van der Waals surface area (Å²) < 4.78 is 5.83. The Labute approximate surface area is 117 Å². The molecule has 0 radical (unpaired) electrons. The number of aromatic carboxylic acids is 1. The first-order valence-corrected chi connectivity index (χ1v) is 7.12. The van der Waals surface area contributed by atoms with Crippen LogP contribution in [0.25, 0.3) is 0 Å². The highest BCUT2D eigenvalue weighted by Crippen LogP contribution is 2.30. The fourth-order valence-corrected chi connectivity index (χ4v) is 3.14. The van der Waals surface area contributed by atoms with E-state index in [0.29, 0.717) is 18.2 Å². The number of ether oxygens (including phenoxy) is 1. The van der Waals surface area contributed by atoms with E-state index in [9.17, 15) is 4.79 Å². The molecule has 6 nitrogen and oxygen atoms in total. The maximum atomic E-state index is 11.1. The van der Waals surface area contributed by atoms with E-state index in [2.05, 4.69) is 14.9 Å². The number of hydrogen-bond donors (Lipinski definition) is 1. The second-order valence-electron chi connectivity index (χ2n) is 5.45. The standard InChI is InChI=1S/C14H19N3O3/c1-9-8-10(13(18)19)16-14(15-9)17-6-7-20-12-5-3-2-4-11(12)17/h8,11-12H,2-7H2,1H3,(H,18,19). The van der Waals surface area contributed by atoms with Crippen molar-refractivity contribution in [1.29, 1.82) is 0 Å². The van der Waals surface area contributed by atoms with Crippen LogP contribution in [0.4, 0.5) is 5.95 Å². The van der Waals surface area contributed by atoms with Gasteiger partial charge in [-0.1, -0.05) is 12.8 Å². The predicted octanol–water partition coefficient (Wildman–Crippen LogP) is 1.63. The van der Waals surface area contributed by atoms with Crippen molar-refractivity contribution in [2.24, 2.45) is 0 Å². The fraction of sp³-hybridized carbons (Fsp3) is 0.643. The zero-order valence-electron chi connectivity index (χ0n) is 11.6. The van der Waals surface area contributed by atoms with Gasteiger partial charge in [0.15, 0.2) is 5.69 Å². The molecule has 20 heavy (non-hydrogen) atoms. The van der Waals surface area contributed by atoms with Crippen molar-refractivity contribution in [2.45, 2.75) is 44.8 Å². The first-order chi connectivity index (χ1) is 9.65. The average molecular weight is 277 g/mol. The number of fused-ring (bicyclic) bond motifs is 1. The highest BCUT2D eigenvalue weighted by Gasteiger charge is 2.35. The molecule has 2 atom stereocenters. The SMILES string of the molecule is Cc1cc(C(=O)O)nc(N2CCOC3CCCCC32)n1. The molecule has 1 aliphatic carbocycles. The molecular weight excluding hydrogens is 258 g/mol. The summed E-state index contributed by atoms with van der Waals surface area (Å²) in [6.07, 6.45) is 4.74. The minimum Gasteiger partial charge on any atom is -0.477 e. The minimum absolute atomic E-state index is 0.0614. The Kier molecular flexibility index (Phi) is 3.56. The molecule has 1 saturated carbocycles. The van der Waals surface area contributed by atoms with Gasteiger partial charge in [-0.05, 0) is 25.8 Å². The van der Waals surface area contributed by atoms with E-state index < -0.39 is 5.97 Å². The van der Waals surface area contributed by atoms with E-state index in [1.807, 2.05) is 0 Å². The molecule has 0 aromatic carbocycles. The number of morpholine rings is 1. The second-order valence-corrected chi connectivity index (χ2v) is 5.45. The first kappa shape index (κ1) is 13.3. The van der Waals surface area contributed by atoms with Gasteiger partial charge in [0.05, 0.1) is 18.8 Å². The number of aromatic nitrogens is 2. The molecule has 1 aromatic heterocycles. The third-order valence-corrected chi connectivity index (χ3v) is 4.05. The van der Waals surface area contributed by atoms with Crippen LogP contribution in [0.1, 0.15) is 41.9 Å². The molecule has 2 heterocycles. The summed E-state index contributed by atoms with van der Waals surface area (Å²) in [5.74, 6) is -0.479. The maximum Gasteiger partial charge on any atom is 0.354 e. The third-order valence-electron chi connectivity index (χ3n) is 4.05. The summed E-state index contributed by atoms with van der Waals surface area (Å²) in [4.78, 5) is 21.9. The smallest absolute Gasteiger partial charge is 0.354 e. The number of carbonyl (C=O) groups is 1. The van der Waals surface area contributed by atoms with Gasteiger partial charge < -0.3 is 14.7 Å². The lowest BCUT2D eigenvalue weighted by atomic mass is 9.90. The van der Waals surface area contributed by atoms with Crippen molar-refractivity contribution in [2.75, 3.05) is 18.1 Å². The van der Waals surface area contributed by atoms with E-state index >= 15 is 0 Å².